The first-order chi connectivity index (χ1) is 6.72. The van der Waals surface area contributed by atoms with Crippen molar-refractivity contribution in [2.24, 2.45) is 5.92 Å². The number of carboxylic acid groups (broad SMARTS) is 1. The predicted molar refractivity (Wildman–Crippen MR) is 56.4 cm³/mol. The first-order valence-electron chi connectivity index (χ1n) is 5.52. The molecule has 3 nitrogen and oxygen atoms in total. The minimum absolute atomic E-state index is 0.313. The van der Waals surface area contributed by atoms with Gasteiger partial charge >= 0.3 is 5.97 Å². The molecule has 0 amide bonds. The van der Waals surface area contributed by atoms with E-state index in [2.05, 4.69) is 13.8 Å². The van der Waals surface area contributed by atoms with Crippen LogP contribution >= 0.6 is 0 Å². The summed E-state index contributed by atoms with van der Waals surface area (Å²) in [5.41, 5.74) is 0. The van der Waals surface area contributed by atoms with Gasteiger partial charge in [0.05, 0.1) is 12.5 Å². The smallest absolute Gasteiger partial charge is 0.308 e. The van der Waals surface area contributed by atoms with Crippen molar-refractivity contribution in [2.45, 2.75) is 46.0 Å². The molecular formula is C11H22O3. The van der Waals surface area contributed by atoms with Gasteiger partial charge in [-0.15, -0.1) is 0 Å². The fraction of sp³-hybridized carbons (Fsp3) is 0.909. The van der Waals surface area contributed by atoms with Gasteiger partial charge in [-0.25, -0.2) is 0 Å². The van der Waals surface area contributed by atoms with Crippen LogP contribution in [0.5, 0.6) is 0 Å². The Morgan fingerprint density at radius 2 is 1.93 bits per heavy atom. The first-order valence-corrected chi connectivity index (χ1v) is 5.52. The van der Waals surface area contributed by atoms with Crippen LogP contribution in [0.1, 0.15) is 46.0 Å². The van der Waals surface area contributed by atoms with Crippen molar-refractivity contribution in [2.75, 3.05) is 13.2 Å². The van der Waals surface area contributed by atoms with Gasteiger partial charge < -0.3 is 9.84 Å². The van der Waals surface area contributed by atoms with Crippen molar-refractivity contribution in [1.82, 2.24) is 0 Å². The highest BCUT2D eigenvalue weighted by Crippen LogP contribution is 2.09. The fourth-order valence-electron chi connectivity index (χ4n) is 1.20. The number of ether oxygens (including phenoxy) is 1. The van der Waals surface area contributed by atoms with Gasteiger partial charge in [0.25, 0.3) is 0 Å². The van der Waals surface area contributed by atoms with E-state index in [1.54, 1.807) is 0 Å². The normalized spacial score (nSPS) is 12.7. The SMILES string of the molecule is CCCCOCC(CCCC)C(=O)O. The number of hydrogen-bond donors (Lipinski definition) is 1. The number of carbonyl (C=O) groups is 1. The van der Waals surface area contributed by atoms with Crippen LogP contribution in [0.25, 0.3) is 0 Å². The molecule has 0 aliphatic heterocycles. The molecule has 0 aromatic heterocycles. The minimum Gasteiger partial charge on any atom is -0.481 e. The molecule has 0 aromatic carbocycles. The summed E-state index contributed by atoms with van der Waals surface area (Å²) in [7, 11) is 0. The van der Waals surface area contributed by atoms with Gasteiger partial charge in [-0.1, -0.05) is 33.1 Å². The van der Waals surface area contributed by atoms with Crippen LogP contribution in [0.4, 0.5) is 0 Å². The van der Waals surface area contributed by atoms with Crippen LogP contribution < -0.4 is 0 Å². The van der Waals surface area contributed by atoms with E-state index in [9.17, 15) is 4.79 Å². The molecule has 14 heavy (non-hydrogen) atoms. The van der Waals surface area contributed by atoms with Crippen molar-refractivity contribution in [1.29, 1.82) is 0 Å². The molecule has 0 bridgehead atoms. The fourth-order valence-corrected chi connectivity index (χ4v) is 1.20. The molecule has 3 heteroatoms. The van der Waals surface area contributed by atoms with Gasteiger partial charge in [0.2, 0.25) is 0 Å². The molecule has 1 unspecified atom stereocenters. The molecule has 0 aromatic rings. The molecule has 0 aliphatic rings. The van der Waals surface area contributed by atoms with E-state index in [1.807, 2.05) is 0 Å². The highest BCUT2D eigenvalue weighted by molar-refractivity contribution is 5.70. The van der Waals surface area contributed by atoms with Gasteiger partial charge in [0, 0.05) is 6.61 Å². The van der Waals surface area contributed by atoms with Crippen molar-refractivity contribution in [3.8, 4) is 0 Å². The summed E-state index contributed by atoms with van der Waals surface area (Å²) in [5, 5.41) is 8.88. The highest BCUT2D eigenvalue weighted by Gasteiger charge is 2.16. The Morgan fingerprint density at radius 1 is 1.29 bits per heavy atom. The summed E-state index contributed by atoms with van der Waals surface area (Å²) >= 11 is 0. The first kappa shape index (κ1) is 13.4. The summed E-state index contributed by atoms with van der Waals surface area (Å²) in [5.74, 6) is -1.04. The summed E-state index contributed by atoms with van der Waals surface area (Å²) in [6, 6.07) is 0. The van der Waals surface area contributed by atoms with Crippen LogP contribution in [-0.4, -0.2) is 24.3 Å². The van der Waals surface area contributed by atoms with E-state index in [1.165, 1.54) is 0 Å². The maximum atomic E-state index is 10.8. The third-order valence-corrected chi connectivity index (χ3v) is 2.22. The predicted octanol–water partition coefficient (Wildman–Crippen LogP) is 2.69. The second kappa shape index (κ2) is 9.00. The molecule has 0 aliphatic carbocycles. The monoisotopic (exact) mass is 202 g/mol. The molecular weight excluding hydrogens is 180 g/mol. The lowest BCUT2D eigenvalue weighted by Gasteiger charge is -2.11. The average Bonchev–Trinajstić information content (AvgIpc) is 2.16. The summed E-state index contributed by atoms with van der Waals surface area (Å²) in [6.07, 6.45) is 4.84. The van der Waals surface area contributed by atoms with E-state index >= 15 is 0 Å². The van der Waals surface area contributed by atoms with Gasteiger partial charge in [-0.2, -0.15) is 0 Å². The molecule has 0 spiro atoms. The lowest BCUT2D eigenvalue weighted by atomic mass is 10.0. The summed E-state index contributed by atoms with van der Waals surface area (Å²) < 4.78 is 5.31. The third-order valence-electron chi connectivity index (χ3n) is 2.22. The Bertz CT molecular complexity index is 145. The Labute approximate surface area is 86.5 Å². The van der Waals surface area contributed by atoms with Crippen LogP contribution in [0.15, 0.2) is 0 Å². The third kappa shape index (κ3) is 6.89. The lowest BCUT2D eigenvalue weighted by Crippen LogP contribution is -2.20. The molecule has 0 saturated carbocycles. The molecule has 0 rings (SSSR count). The number of rotatable bonds is 9. The van der Waals surface area contributed by atoms with E-state index in [0.717, 1.165) is 32.1 Å². The zero-order chi connectivity index (χ0) is 10.8. The van der Waals surface area contributed by atoms with Crippen molar-refractivity contribution >= 4 is 5.97 Å². The van der Waals surface area contributed by atoms with E-state index in [4.69, 9.17) is 9.84 Å². The van der Waals surface area contributed by atoms with Crippen LogP contribution in [0.2, 0.25) is 0 Å². The molecule has 0 fully saturated rings. The maximum Gasteiger partial charge on any atom is 0.308 e. The number of carboxylic acids is 1. The standard InChI is InChI=1S/C11H22O3/c1-3-5-7-10(11(12)13)9-14-8-6-4-2/h10H,3-9H2,1-2H3,(H,12,13). The van der Waals surface area contributed by atoms with Crippen LogP contribution in [-0.2, 0) is 9.53 Å². The summed E-state index contributed by atoms with van der Waals surface area (Å²) in [4.78, 5) is 10.8. The Morgan fingerprint density at radius 3 is 2.43 bits per heavy atom. The van der Waals surface area contributed by atoms with Crippen molar-refractivity contribution in [3.05, 3.63) is 0 Å². The quantitative estimate of drug-likeness (QED) is 0.585. The van der Waals surface area contributed by atoms with Gasteiger partial charge in [0.1, 0.15) is 0 Å². The largest absolute Gasteiger partial charge is 0.481 e. The average molecular weight is 202 g/mol. The molecule has 84 valence electrons. The van der Waals surface area contributed by atoms with Gasteiger partial charge in [-0.05, 0) is 12.8 Å². The molecule has 0 heterocycles. The molecule has 1 atom stereocenters. The molecule has 1 N–H and O–H groups in total. The number of aliphatic carboxylic acids is 1. The second-order valence-electron chi connectivity index (χ2n) is 3.61. The van der Waals surface area contributed by atoms with Crippen molar-refractivity contribution in [3.63, 3.8) is 0 Å². The topological polar surface area (TPSA) is 46.5 Å². The van der Waals surface area contributed by atoms with Crippen molar-refractivity contribution < 1.29 is 14.6 Å². The number of hydrogen-bond acceptors (Lipinski definition) is 2. The zero-order valence-electron chi connectivity index (χ0n) is 9.29. The zero-order valence-corrected chi connectivity index (χ0v) is 9.29. The maximum absolute atomic E-state index is 10.8. The Hall–Kier alpha value is -0.570. The Kier molecular flexibility index (Phi) is 8.64. The van der Waals surface area contributed by atoms with Crippen LogP contribution in [0.3, 0.4) is 0 Å². The molecule has 0 saturated heterocycles. The Balaban J connectivity index is 3.57. The van der Waals surface area contributed by atoms with Crippen LogP contribution in [0, 0.1) is 5.92 Å². The lowest BCUT2D eigenvalue weighted by molar-refractivity contribution is -0.144. The highest BCUT2D eigenvalue weighted by atomic mass is 16.5. The second-order valence-corrected chi connectivity index (χ2v) is 3.61. The van der Waals surface area contributed by atoms with Gasteiger partial charge in [-0.3, -0.25) is 4.79 Å². The van der Waals surface area contributed by atoms with E-state index in [0.29, 0.717) is 13.2 Å². The van der Waals surface area contributed by atoms with Gasteiger partial charge in [0.15, 0.2) is 0 Å². The molecule has 0 radical (unpaired) electrons. The van der Waals surface area contributed by atoms with E-state index in [-0.39, 0.29) is 5.92 Å². The number of unbranched alkanes of at least 4 members (excludes halogenated alkanes) is 2. The summed E-state index contributed by atoms with van der Waals surface area (Å²) in [6.45, 7) is 5.22. The minimum atomic E-state index is -0.727. The van der Waals surface area contributed by atoms with E-state index < -0.39 is 5.97 Å².